The molecule has 0 amide bonds. The van der Waals surface area contributed by atoms with Gasteiger partial charge in [0, 0.05) is 17.9 Å². The van der Waals surface area contributed by atoms with Crippen LogP contribution in [0.1, 0.15) is 26.2 Å². The Morgan fingerprint density at radius 2 is 1.59 bits per heavy atom. The second kappa shape index (κ2) is 9.76. The molecule has 0 aliphatic rings. The van der Waals surface area contributed by atoms with Crippen LogP contribution in [-0.4, -0.2) is 40.4 Å². The number of carbonyl (C=O) groups excluding carboxylic acids is 1. The quantitative estimate of drug-likeness (QED) is 0.402. The third-order valence-corrected chi connectivity index (χ3v) is 4.66. The lowest BCUT2D eigenvalue weighted by molar-refractivity contribution is -0.138. The highest BCUT2D eigenvalue weighted by atomic mass is 33.1. The van der Waals surface area contributed by atoms with Crippen LogP contribution in [0, 0.1) is 0 Å². The summed E-state index contributed by atoms with van der Waals surface area (Å²) in [5.74, 6) is 0.601. The molecule has 100 valence electrons. The number of rotatable bonds is 10. The predicted octanol–water partition coefficient (Wildman–Crippen LogP) is 0.866. The second-order valence-corrected chi connectivity index (χ2v) is 6.29. The normalized spacial score (nSPS) is 14.3. The largest absolute Gasteiger partial charge is 0.480 e. The van der Waals surface area contributed by atoms with Crippen LogP contribution >= 0.6 is 21.6 Å². The third kappa shape index (κ3) is 8.48. The van der Waals surface area contributed by atoms with E-state index in [1.54, 1.807) is 28.5 Å². The first-order valence-electron chi connectivity index (χ1n) is 5.50. The molecule has 0 aromatic rings. The van der Waals surface area contributed by atoms with Gasteiger partial charge in [-0.3, -0.25) is 9.59 Å². The summed E-state index contributed by atoms with van der Waals surface area (Å²) in [6.07, 6.45) is 1.59. The van der Waals surface area contributed by atoms with E-state index in [0.717, 1.165) is 5.75 Å². The predicted molar refractivity (Wildman–Crippen MR) is 73.0 cm³/mol. The maximum absolute atomic E-state index is 11.2. The topological polar surface area (TPSA) is 106 Å². The fourth-order valence-electron chi connectivity index (χ4n) is 1.01. The van der Waals surface area contributed by atoms with Crippen molar-refractivity contribution in [1.82, 2.24) is 0 Å². The fraction of sp³-hybridized carbons (Fsp3) is 0.800. The van der Waals surface area contributed by atoms with Gasteiger partial charge in [-0.1, -0.05) is 28.5 Å². The van der Waals surface area contributed by atoms with Crippen molar-refractivity contribution >= 4 is 33.3 Å². The first kappa shape index (κ1) is 16.8. The van der Waals surface area contributed by atoms with E-state index in [-0.39, 0.29) is 11.8 Å². The van der Waals surface area contributed by atoms with Crippen molar-refractivity contribution in [2.24, 2.45) is 11.5 Å². The molecule has 0 aromatic heterocycles. The third-order valence-electron chi connectivity index (χ3n) is 2.19. The van der Waals surface area contributed by atoms with Gasteiger partial charge in [-0.05, 0) is 12.8 Å². The molecule has 0 saturated carbocycles. The fourth-order valence-corrected chi connectivity index (χ4v) is 3.24. The zero-order valence-corrected chi connectivity index (χ0v) is 11.6. The number of hydrogen-bond donors (Lipinski definition) is 3. The standard InChI is InChI=1S/C10H20N2O3S2/c1-2-9(13)7(11)3-5-16-17-6-4-8(12)10(14)15/h7-8H,2-6,11-12H2,1H3,(H,14,15)/t7?,8-/m0/s1. The number of ketones is 1. The first-order chi connectivity index (χ1) is 7.99. The molecule has 2 atom stereocenters. The molecular weight excluding hydrogens is 260 g/mol. The Morgan fingerprint density at radius 3 is 2.00 bits per heavy atom. The Balaban J connectivity index is 3.41. The highest BCUT2D eigenvalue weighted by molar-refractivity contribution is 8.76. The summed E-state index contributed by atoms with van der Waals surface area (Å²) in [4.78, 5) is 21.6. The lowest BCUT2D eigenvalue weighted by Gasteiger charge is -2.08. The van der Waals surface area contributed by atoms with Crippen molar-refractivity contribution in [3.63, 3.8) is 0 Å². The molecule has 0 radical (unpaired) electrons. The molecule has 0 spiro atoms. The molecule has 0 rings (SSSR count). The van der Waals surface area contributed by atoms with E-state index in [4.69, 9.17) is 16.6 Å². The lowest BCUT2D eigenvalue weighted by Crippen LogP contribution is -2.30. The molecular formula is C10H20N2O3S2. The van der Waals surface area contributed by atoms with Gasteiger partial charge in [0.05, 0.1) is 6.04 Å². The van der Waals surface area contributed by atoms with E-state index in [1.165, 1.54) is 0 Å². The van der Waals surface area contributed by atoms with Crippen molar-refractivity contribution in [2.75, 3.05) is 11.5 Å². The zero-order valence-electron chi connectivity index (χ0n) is 9.93. The minimum absolute atomic E-state index is 0.0866. The Bertz CT molecular complexity index is 252. The molecule has 1 unspecified atom stereocenters. The van der Waals surface area contributed by atoms with E-state index in [9.17, 15) is 9.59 Å². The van der Waals surface area contributed by atoms with Gasteiger partial charge >= 0.3 is 5.97 Å². The second-order valence-electron chi connectivity index (χ2n) is 3.59. The summed E-state index contributed by atoms with van der Waals surface area (Å²) >= 11 is 0. The number of hydrogen-bond acceptors (Lipinski definition) is 6. The number of carboxylic acids is 1. The maximum atomic E-state index is 11.2. The zero-order chi connectivity index (χ0) is 13.3. The van der Waals surface area contributed by atoms with E-state index in [2.05, 4.69) is 0 Å². The van der Waals surface area contributed by atoms with Crippen LogP contribution in [-0.2, 0) is 9.59 Å². The van der Waals surface area contributed by atoms with Crippen LogP contribution < -0.4 is 11.5 Å². The molecule has 0 aliphatic heterocycles. The molecule has 0 aliphatic carbocycles. The summed E-state index contributed by atoms with van der Waals surface area (Å²) < 4.78 is 0. The number of carboxylic acid groups (broad SMARTS) is 1. The molecule has 7 heteroatoms. The Kier molecular flexibility index (Phi) is 9.62. The molecule has 0 fully saturated rings. The number of carbonyl (C=O) groups is 2. The van der Waals surface area contributed by atoms with Gasteiger partial charge in [0.25, 0.3) is 0 Å². The summed E-state index contributed by atoms with van der Waals surface area (Å²) in [7, 11) is 3.17. The van der Waals surface area contributed by atoms with Crippen molar-refractivity contribution < 1.29 is 14.7 Å². The average molecular weight is 280 g/mol. The Morgan fingerprint density at radius 1 is 1.12 bits per heavy atom. The van der Waals surface area contributed by atoms with Gasteiger partial charge in [0.15, 0.2) is 0 Å². The number of aliphatic carboxylic acids is 1. The highest BCUT2D eigenvalue weighted by Gasteiger charge is 2.12. The van der Waals surface area contributed by atoms with Gasteiger partial charge in [0.1, 0.15) is 11.8 Å². The summed E-state index contributed by atoms with van der Waals surface area (Å²) in [5, 5.41) is 8.55. The van der Waals surface area contributed by atoms with Crippen LogP contribution in [0.3, 0.4) is 0 Å². The molecule has 5 N–H and O–H groups in total. The molecule has 0 heterocycles. The molecule has 0 bridgehead atoms. The molecule has 0 saturated heterocycles. The van der Waals surface area contributed by atoms with Gasteiger partial charge in [-0.2, -0.15) is 0 Å². The van der Waals surface area contributed by atoms with E-state index in [0.29, 0.717) is 25.0 Å². The van der Waals surface area contributed by atoms with Gasteiger partial charge < -0.3 is 16.6 Å². The van der Waals surface area contributed by atoms with E-state index >= 15 is 0 Å². The minimum Gasteiger partial charge on any atom is -0.480 e. The molecule has 17 heavy (non-hydrogen) atoms. The van der Waals surface area contributed by atoms with Gasteiger partial charge in [-0.15, -0.1) is 0 Å². The average Bonchev–Trinajstić information content (AvgIpc) is 2.31. The van der Waals surface area contributed by atoms with E-state index in [1.807, 2.05) is 0 Å². The van der Waals surface area contributed by atoms with Crippen LogP contribution in [0.25, 0.3) is 0 Å². The Labute approximate surface area is 109 Å². The molecule has 5 nitrogen and oxygen atoms in total. The summed E-state index contributed by atoms with van der Waals surface area (Å²) in [6.45, 7) is 1.80. The first-order valence-corrected chi connectivity index (χ1v) is 7.99. The van der Waals surface area contributed by atoms with E-state index < -0.39 is 12.0 Å². The van der Waals surface area contributed by atoms with Crippen LogP contribution in [0.2, 0.25) is 0 Å². The van der Waals surface area contributed by atoms with Crippen LogP contribution in [0.4, 0.5) is 0 Å². The minimum atomic E-state index is -0.967. The number of nitrogens with two attached hydrogens (primary N) is 2. The summed E-state index contributed by atoms with van der Waals surface area (Å²) in [6, 6.07) is -1.15. The van der Waals surface area contributed by atoms with Crippen LogP contribution in [0.15, 0.2) is 0 Å². The van der Waals surface area contributed by atoms with Crippen molar-refractivity contribution in [3.8, 4) is 0 Å². The van der Waals surface area contributed by atoms with Gasteiger partial charge in [-0.25, -0.2) is 0 Å². The van der Waals surface area contributed by atoms with Crippen LogP contribution in [0.5, 0.6) is 0 Å². The Hall–Kier alpha value is -0.240. The summed E-state index contributed by atoms with van der Waals surface area (Å²) in [5.41, 5.74) is 11.0. The monoisotopic (exact) mass is 280 g/mol. The van der Waals surface area contributed by atoms with Gasteiger partial charge in [0.2, 0.25) is 0 Å². The lowest BCUT2D eigenvalue weighted by atomic mass is 10.1. The smallest absolute Gasteiger partial charge is 0.320 e. The van der Waals surface area contributed by atoms with Crippen molar-refractivity contribution in [3.05, 3.63) is 0 Å². The molecule has 0 aromatic carbocycles. The van der Waals surface area contributed by atoms with Crippen molar-refractivity contribution in [2.45, 2.75) is 38.3 Å². The van der Waals surface area contributed by atoms with Crippen molar-refractivity contribution in [1.29, 1.82) is 0 Å². The number of Topliss-reactive ketones (excluding diaryl/α,β-unsaturated/α-hetero) is 1. The maximum Gasteiger partial charge on any atom is 0.320 e. The highest BCUT2D eigenvalue weighted by Crippen LogP contribution is 2.23. The SMILES string of the molecule is CCC(=O)C(N)CCSSCC[C@H](N)C(=O)O.